The van der Waals surface area contributed by atoms with E-state index in [-0.39, 0.29) is 19.3 Å². The number of carboxylic acids is 1. The Labute approximate surface area is 117 Å². The number of carboxylic acid groups (broad SMARTS) is 1. The van der Waals surface area contributed by atoms with Crippen molar-refractivity contribution in [1.82, 2.24) is 9.80 Å². The minimum Gasteiger partial charge on any atom is -0.481 e. The first-order valence-corrected chi connectivity index (χ1v) is 6.84. The molecule has 0 saturated carbocycles. The largest absolute Gasteiger partial charge is 0.481 e. The van der Waals surface area contributed by atoms with Crippen LogP contribution in [-0.2, 0) is 4.79 Å². The van der Waals surface area contributed by atoms with Crippen molar-refractivity contribution >= 4 is 5.97 Å². The maximum absolute atomic E-state index is 12.3. The van der Waals surface area contributed by atoms with Gasteiger partial charge in [-0.25, -0.2) is 0 Å². The Bertz CT molecular complexity index is 328. The van der Waals surface area contributed by atoms with Crippen LogP contribution in [0.2, 0.25) is 0 Å². The van der Waals surface area contributed by atoms with Crippen LogP contribution in [0.1, 0.15) is 32.6 Å². The summed E-state index contributed by atoms with van der Waals surface area (Å²) < 4.78 is 36.8. The van der Waals surface area contributed by atoms with Gasteiger partial charge in [-0.2, -0.15) is 13.2 Å². The van der Waals surface area contributed by atoms with Crippen LogP contribution in [0.5, 0.6) is 0 Å². The molecule has 1 heterocycles. The average molecular weight is 296 g/mol. The second-order valence-electron chi connectivity index (χ2n) is 5.83. The summed E-state index contributed by atoms with van der Waals surface area (Å²) in [7, 11) is 1.98. The molecule has 0 aliphatic carbocycles. The summed E-state index contributed by atoms with van der Waals surface area (Å²) in [6.07, 6.45) is -4.92. The smallest absolute Gasteiger partial charge is 0.389 e. The molecule has 0 aromatic heterocycles. The number of halogens is 3. The zero-order valence-corrected chi connectivity index (χ0v) is 12.0. The van der Waals surface area contributed by atoms with Crippen LogP contribution in [0, 0.1) is 0 Å². The van der Waals surface area contributed by atoms with E-state index in [2.05, 4.69) is 4.90 Å². The maximum Gasteiger partial charge on any atom is 0.389 e. The Hall–Kier alpha value is -0.820. The molecule has 0 radical (unpaired) electrons. The lowest BCUT2D eigenvalue weighted by atomic mass is 9.88. The number of carbonyl (C=O) groups is 1. The van der Waals surface area contributed by atoms with E-state index in [0.717, 1.165) is 13.1 Å². The third-order valence-corrected chi connectivity index (χ3v) is 3.97. The molecule has 4 nitrogen and oxygen atoms in total. The zero-order chi connectivity index (χ0) is 15.4. The fraction of sp³-hybridized carbons (Fsp3) is 0.923. The monoisotopic (exact) mass is 296 g/mol. The predicted molar refractivity (Wildman–Crippen MR) is 69.6 cm³/mol. The van der Waals surface area contributed by atoms with Crippen molar-refractivity contribution in [3.8, 4) is 0 Å². The Morgan fingerprint density at radius 1 is 1.15 bits per heavy atom. The van der Waals surface area contributed by atoms with Gasteiger partial charge in [-0.05, 0) is 26.8 Å². The third-order valence-electron chi connectivity index (χ3n) is 3.97. The van der Waals surface area contributed by atoms with Gasteiger partial charge in [0.2, 0.25) is 0 Å². The highest BCUT2D eigenvalue weighted by Gasteiger charge is 2.36. The minimum absolute atomic E-state index is 0.0282. The first-order chi connectivity index (χ1) is 9.12. The molecule has 0 spiro atoms. The minimum atomic E-state index is -4.17. The number of alkyl halides is 3. The number of piperazine rings is 1. The van der Waals surface area contributed by atoms with Gasteiger partial charge in [0.25, 0.3) is 0 Å². The SMILES string of the molecule is CN1CCN(C(C)(CCCC(F)(F)F)CC(=O)O)CC1. The second-order valence-corrected chi connectivity index (χ2v) is 5.83. The van der Waals surface area contributed by atoms with Gasteiger partial charge >= 0.3 is 12.1 Å². The summed E-state index contributed by atoms with van der Waals surface area (Å²) in [5.74, 6) is -0.960. The Morgan fingerprint density at radius 2 is 1.70 bits per heavy atom. The van der Waals surface area contributed by atoms with Crippen LogP contribution in [-0.4, -0.2) is 65.8 Å². The molecule has 1 aliphatic rings. The van der Waals surface area contributed by atoms with Crippen LogP contribution in [0.4, 0.5) is 13.2 Å². The average Bonchev–Trinajstić information content (AvgIpc) is 2.26. The van der Waals surface area contributed by atoms with Gasteiger partial charge < -0.3 is 10.0 Å². The van der Waals surface area contributed by atoms with E-state index >= 15 is 0 Å². The van der Waals surface area contributed by atoms with Crippen molar-refractivity contribution < 1.29 is 23.1 Å². The van der Waals surface area contributed by atoms with E-state index < -0.39 is 24.1 Å². The number of hydrogen-bond acceptors (Lipinski definition) is 3. The quantitative estimate of drug-likeness (QED) is 0.816. The van der Waals surface area contributed by atoms with Crippen molar-refractivity contribution in [3.63, 3.8) is 0 Å². The standard InChI is InChI=1S/C13H23F3N2O2/c1-12(10-11(19)20,4-3-5-13(14,15)16)18-8-6-17(2)7-9-18/h3-10H2,1-2H3,(H,19,20). The fourth-order valence-corrected chi connectivity index (χ4v) is 2.70. The van der Waals surface area contributed by atoms with Crippen molar-refractivity contribution in [2.45, 2.75) is 44.3 Å². The molecular formula is C13H23F3N2O2. The van der Waals surface area contributed by atoms with E-state index in [9.17, 15) is 18.0 Å². The van der Waals surface area contributed by atoms with Gasteiger partial charge in [-0.3, -0.25) is 9.69 Å². The van der Waals surface area contributed by atoms with Crippen LogP contribution in [0.25, 0.3) is 0 Å². The molecule has 1 rings (SSSR count). The Balaban J connectivity index is 2.63. The van der Waals surface area contributed by atoms with Crippen LogP contribution >= 0.6 is 0 Å². The molecule has 1 atom stereocenters. The van der Waals surface area contributed by atoms with Gasteiger partial charge in [0, 0.05) is 38.1 Å². The summed E-state index contributed by atoms with van der Waals surface area (Å²) in [6.45, 7) is 4.80. The first kappa shape index (κ1) is 17.2. The highest BCUT2D eigenvalue weighted by Crippen LogP contribution is 2.30. The van der Waals surface area contributed by atoms with Crippen LogP contribution in [0.3, 0.4) is 0 Å². The lowest BCUT2D eigenvalue weighted by Gasteiger charge is -2.45. The van der Waals surface area contributed by atoms with Crippen molar-refractivity contribution in [2.24, 2.45) is 0 Å². The fourth-order valence-electron chi connectivity index (χ4n) is 2.70. The van der Waals surface area contributed by atoms with Crippen molar-refractivity contribution in [3.05, 3.63) is 0 Å². The zero-order valence-electron chi connectivity index (χ0n) is 12.0. The maximum atomic E-state index is 12.3. The van der Waals surface area contributed by atoms with Gasteiger partial charge in [0.15, 0.2) is 0 Å². The summed E-state index contributed by atoms with van der Waals surface area (Å²) >= 11 is 0. The molecule has 0 bridgehead atoms. The number of likely N-dealkylation sites (N-methyl/N-ethyl adjacent to an activating group) is 1. The van der Waals surface area contributed by atoms with Crippen LogP contribution in [0.15, 0.2) is 0 Å². The molecule has 7 heteroatoms. The van der Waals surface area contributed by atoms with Gasteiger partial charge in [0.05, 0.1) is 6.42 Å². The Kier molecular flexibility index (Phi) is 5.82. The first-order valence-electron chi connectivity index (χ1n) is 6.84. The topological polar surface area (TPSA) is 43.8 Å². The molecule has 1 N–H and O–H groups in total. The van der Waals surface area contributed by atoms with Crippen LogP contribution < -0.4 is 0 Å². The molecule has 0 aromatic rings. The number of rotatable bonds is 6. The highest BCUT2D eigenvalue weighted by atomic mass is 19.4. The third kappa shape index (κ3) is 5.66. The predicted octanol–water partition coefficient (Wildman–Crippen LogP) is 2.20. The van der Waals surface area contributed by atoms with E-state index in [1.54, 1.807) is 6.92 Å². The summed E-state index contributed by atoms with van der Waals surface area (Å²) in [5, 5.41) is 9.03. The molecular weight excluding hydrogens is 273 g/mol. The molecule has 20 heavy (non-hydrogen) atoms. The number of hydrogen-bond donors (Lipinski definition) is 1. The normalized spacial score (nSPS) is 21.6. The molecule has 118 valence electrons. The van der Waals surface area contributed by atoms with Gasteiger partial charge in [-0.15, -0.1) is 0 Å². The van der Waals surface area contributed by atoms with Gasteiger partial charge in [-0.1, -0.05) is 0 Å². The van der Waals surface area contributed by atoms with E-state index in [1.807, 2.05) is 11.9 Å². The van der Waals surface area contributed by atoms with Crippen molar-refractivity contribution in [2.75, 3.05) is 33.2 Å². The number of nitrogens with zero attached hydrogens (tertiary/aromatic N) is 2. The summed E-state index contributed by atoms with van der Waals surface area (Å²) in [5.41, 5.74) is -0.696. The lowest BCUT2D eigenvalue weighted by molar-refractivity contribution is -0.142. The lowest BCUT2D eigenvalue weighted by Crippen LogP contribution is -2.55. The molecule has 1 aliphatic heterocycles. The summed E-state index contributed by atoms with van der Waals surface area (Å²) in [4.78, 5) is 15.2. The Morgan fingerprint density at radius 3 is 2.15 bits per heavy atom. The molecule has 0 aromatic carbocycles. The molecule has 1 fully saturated rings. The molecule has 1 saturated heterocycles. The van der Waals surface area contributed by atoms with E-state index in [1.165, 1.54) is 0 Å². The summed E-state index contributed by atoms with van der Waals surface area (Å²) in [6, 6.07) is 0. The molecule has 1 unspecified atom stereocenters. The number of aliphatic carboxylic acids is 1. The highest BCUT2D eigenvalue weighted by molar-refractivity contribution is 5.68. The second kappa shape index (κ2) is 6.76. The van der Waals surface area contributed by atoms with Crippen molar-refractivity contribution in [1.29, 1.82) is 0 Å². The van der Waals surface area contributed by atoms with Gasteiger partial charge in [0.1, 0.15) is 0 Å². The molecule has 0 amide bonds. The van der Waals surface area contributed by atoms with E-state index in [0.29, 0.717) is 13.1 Å². The van der Waals surface area contributed by atoms with E-state index in [4.69, 9.17) is 5.11 Å².